The molecule has 16 heavy (non-hydrogen) atoms. The molecular weight excluding hydrogens is 222 g/mol. The molecule has 0 aliphatic heterocycles. The Balaban J connectivity index is 3.67. The monoisotopic (exact) mass is 247 g/mol. The molecule has 0 bridgehead atoms. The van der Waals surface area contributed by atoms with Gasteiger partial charge < -0.3 is 10.1 Å². The lowest BCUT2D eigenvalue weighted by Crippen LogP contribution is -2.37. The highest BCUT2D eigenvalue weighted by Gasteiger charge is 2.23. The van der Waals surface area contributed by atoms with E-state index in [0.29, 0.717) is 11.2 Å². The molecule has 0 fully saturated rings. The smallest absolute Gasteiger partial charge is 0.305 e. The number of nitrogens with one attached hydrogen (secondary N) is 1. The van der Waals surface area contributed by atoms with Gasteiger partial charge in [0.1, 0.15) is 0 Å². The zero-order valence-corrected chi connectivity index (χ0v) is 11.8. The van der Waals surface area contributed by atoms with E-state index >= 15 is 0 Å². The number of thioether (sulfide) groups is 1. The van der Waals surface area contributed by atoms with Crippen LogP contribution in [0.1, 0.15) is 39.5 Å². The first-order valence-electron chi connectivity index (χ1n) is 5.96. The Hall–Kier alpha value is -0.220. The second-order valence-corrected chi connectivity index (χ2v) is 5.22. The molecule has 3 nitrogen and oxygen atoms in total. The number of esters is 1. The molecule has 1 N–H and O–H groups in total. The first-order chi connectivity index (χ1) is 7.64. The van der Waals surface area contributed by atoms with E-state index in [4.69, 9.17) is 0 Å². The van der Waals surface area contributed by atoms with E-state index in [9.17, 15) is 4.79 Å². The Kier molecular flexibility index (Phi) is 8.76. The van der Waals surface area contributed by atoms with E-state index in [0.717, 1.165) is 19.5 Å². The van der Waals surface area contributed by atoms with Crippen LogP contribution in [0.5, 0.6) is 0 Å². The molecular formula is C12H25NO2S. The standard InChI is InChI=1S/C12H25NO2S/c1-5-12(6-2,16-4)10-13-9-7-8-11(14)15-3/h13H,5-10H2,1-4H3. The van der Waals surface area contributed by atoms with Crippen molar-refractivity contribution in [3.05, 3.63) is 0 Å². The summed E-state index contributed by atoms with van der Waals surface area (Å²) in [6.45, 7) is 6.37. The molecule has 0 radical (unpaired) electrons. The topological polar surface area (TPSA) is 38.3 Å². The van der Waals surface area contributed by atoms with Gasteiger partial charge in [-0.3, -0.25) is 4.79 Å². The van der Waals surface area contributed by atoms with Crippen LogP contribution in [0.3, 0.4) is 0 Å². The second-order valence-electron chi connectivity index (χ2n) is 3.95. The molecule has 0 saturated heterocycles. The zero-order chi connectivity index (χ0) is 12.4. The van der Waals surface area contributed by atoms with Gasteiger partial charge >= 0.3 is 5.97 Å². The van der Waals surface area contributed by atoms with Crippen molar-refractivity contribution in [2.24, 2.45) is 0 Å². The van der Waals surface area contributed by atoms with E-state index in [1.54, 1.807) is 0 Å². The summed E-state index contributed by atoms with van der Waals surface area (Å²) in [5.74, 6) is -0.121. The highest BCUT2D eigenvalue weighted by Crippen LogP contribution is 2.29. The number of hydrogen-bond donors (Lipinski definition) is 1. The van der Waals surface area contributed by atoms with Gasteiger partial charge in [0.05, 0.1) is 7.11 Å². The van der Waals surface area contributed by atoms with Crippen LogP contribution in [0.25, 0.3) is 0 Å². The van der Waals surface area contributed by atoms with Crippen molar-refractivity contribution >= 4 is 17.7 Å². The minimum absolute atomic E-state index is 0.121. The van der Waals surface area contributed by atoms with Gasteiger partial charge in [-0.25, -0.2) is 0 Å². The van der Waals surface area contributed by atoms with E-state index in [1.807, 2.05) is 11.8 Å². The molecule has 0 rings (SSSR count). The van der Waals surface area contributed by atoms with Crippen LogP contribution in [0.4, 0.5) is 0 Å². The maximum Gasteiger partial charge on any atom is 0.305 e. The van der Waals surface area contributed by atoms with Gasteiger partial charge in [0.25, 0.3) is 0 Å². The van der Waals surface area contributed by atoms with Crippen LogP contribution < -0.4 is 5.32 Å². The number of carbonyl (C=O) groups is 1. The molecule has 96 valence electrons. The third-order valence-electron chi connectivity index (χ3n) is 3.13. The van der Waals surface area contributed by atoms with E-state index in [1.165, 1.54) is 20.0 Å². The Morgan fingerprint density at radius 2 is 2.00 bits per heavy atom. The van der Waals surface area contributed by atoms with Gasteiger partial charge in [-0.15, -0.1) is 0 Å². The van der Waals surface area contributed by atoms with Crippen molar-refractivity contribution < 1.29 is 9.53 Å². The lowest BCUT2D eigenvalue weighted by molar-refractivity contribution is -0.140. The van der Waals surface area contributed by atoms with Gasteiger partial charge in [0, 0.05) is 17.7 Å². The molecule has 0 amide bonds. The number of rotatable bonds is 9. The molecule has 0 aromatic rings. The molecule has 0 aromatic carbocycles. The molecule has 0 unspecified atom stereocenters. The first-order valence-corrected chi connectivity index (χ1v) is 7.19. The average Bonchev–Trinajstić information content (AvgIpc) is 2.34. The maximum atomic E-state index is 10.9. The van der Waals surface area contributed by atoms with E-state index in [-0.39, 0.29) is 5.97 Å². The fourth-order valence-corrected chi connectivity index (χ4v) is 2.46. The quantitative estimate of drug-likeness (QED) is 0.502. The Morgan fingerprint density at radius 3 is 2.44 bits per heavy atom. The number of carbonyl (C=O) groups excluding carboxylic acids is 1. The molecule has 0 atom stereocenters. The largest absolute Gasteiger partial charge is 0.469 e. The van der Waals surface area contributed by atoms with Crippen LogP contribution in [0.2, 0.25) is 0 Å². The Labute approximate surface area is 104 Å². The highest BCUT2D eigenvalue weighted by molar-refractivity contribution is 8.00. The highest BCUT2D eigenvalue weighted by atomic mass is 32.2. The minimum atomic E-state index is -0.121. The number of ether oxygens (including phenoxy) is 1. The van der Waals surface area contributed by atoms with Crippen LogP contribution in [0, 0.1) is 0 Å². The molecule has 0 aliphatic carbocycles. The summed E-state index contributed by atoms with van der Waals surface area (Å²) >= 11 is 1.93. The van der Waals surface area contributed by atoms with Crippen LogP contribution in [-0.2, 0) is 9.53 Å². The number of hydrogen-bond acceptors (Lipinski definition) is 4. The lowest BCUT2D eigenvalue weighted by Gasteiger charge is -2.30. The van der Waals surface area contributed by atoms with Crippen molar-refractivity contribution in [2.75, 3.05) is 26.5 Å². The normalized spacial score (nSPS) is 11.5. The van der Waals surface area contributed by atoms with Gasteiger partial charge in [-0.2, -0.15) is 11.8 Å². The lowest BCUT2D eigenvalue weighted by atomic mass is 10.0. The molecule has 0 saturated carbocycles. The maximum absolute atomic E-state index is 10.9. The van der Waals surface area contributed by atoms with Gasteiger partial charge in [-0.05, 0) is 32.1 Å². The van der Waals surface area contributed by atoms with Gasteiger partial charge in [0.15, 0.2) is 0 Å². The predicted molar refractivity (Wildman–Crippen MR) is 70.9 cm³/mol. The third kappa shape index (κ3) is 5.75. The molecule has 4 heteroatoms. The minimum Gasteiger partial charge on any atom is -0.469 e. The van der Waals surface area contributed by atoms with E-state index < -0.39 is 0 Å². The summed E-state index contributed by atoms with van der Waals surface area (Å²) < 4.78 is 4.94. The van der Waals surface area contributed by atoms with Crippen molar-refractivity contribution in [3.63, 3.8) is 0 Å². The zero-order valence-electron chi connectivity index (χ0n) is 11.0. The van der Waals surface area contributed by atoms with Crippen LogP contribution in [-0.4, -0.2) is 37.2 Å². The fraction of sp³-hybridized carbons (Fsp3) is 0.917. The van der Waals surface area contributed by atoms with E-state index in [2.05, 4.69) is 30.2 Å². The molecule has 0 heterocycles. The van der Waals surface area contributed by atoms with Crippen molar-refractivity contribution in [3.8, 4) is 0 Å². The summed E-state index contributed by atoms with van der Waals surface area (Å²) in [4.78, 5) is 10.9. The summed E-state index contributed by atoms with van der Waals surface area (Å²) in [7, 11) is 1.43. The van der Waals surface area contributed by atoms with Crippen LogP contribution in [0.15, 0.2) is 0 Å². The van der Waals surface area contributed by atoms with Crippen molar-refractivity contribution in [2.45, 2.75) is 44.3 Å². The molecule has 0 aromatic heterocycles. The average molecular weight is 247 g/mol. The second kappa shape index (κ2) is 8.88. The summed E-state index contributed by atoms with van der Waals surface area (Å²) in [5, 5.41) is 3.43. The fourth-order valence-electron chi connectivity index (χ4n) is 1.64. The van der Waals surface area contributed by atoms with Crippen LogP contribution >= 0.6 is 11.8 Å². The predicted octanol–water partition coefficient (Wildman–Crippen LogP) is 2.45. The number of methoxy groups -OCH3 is 1. The first kappa shape index (κ1) is 15.8. The van der Waals surface area contributed by atoms with Crippen molar-refractivity contribution in [1.29, 1.82) is 0 Å². The summed E-state index contributed by atoms with van der Waals surface area (Å²) in [6, 6.07) is 0. The Bertz CT molecular complexity index is 185. The molecule has 0 spiro atoms. The SMILES string of the molecule is CCC(CC)(CNCCCC(=O)OC)SC. The molecule has 0 aliphatic rings. The summed E-state index contributed by atoms with van der Waals surface area (Å²) in [5.41, 5.74) is 0. The Morgan fingerprint density at radius 1 is 1.38 bits per heavy atom. The summed E-state index contributed by atoms with van der Waals surface area (Å²) in [6.07, 6.45) is 5.88. The van der Waals surface area contributed by atoms with Crippen molar-refractivity contribution in [1.82, 2.24) is 5.32 Å². The van der Waals surface area contributed by atoms with Gasteiger partial charge in [-0.1, -0.05) is 13.8 Å². The van der Waals surface area contributed by atoms with Gasteiger partial charge in [0.2, 0.25) is 0 Å². The third-order valence-corrected chi connectivity index (χ3v) is 4.72.